The lowest BCUT2D eigenvalue weighted by atomic mass is 9.94. The number of nitrogens with one attached hydrogen (secondary N) is 1. The summed E-state index contributed by atoms with van der Waals surface area (Å²) in [6.07, 6.45) is 5.84. The number of carbonyl (C=O) groups is 2. The minimum absolute atomic E-state index is 0.104. The van der Waals surface area contributed by atoms with Gasteiger partial charge in [-0.3, -0.25) is 9.59 Å². The van der Waals surface area contributed by atoms with Crippen molar-refractivity contribution in [2.75, 3.05) is 5.75 Å². The summed E-state index contributed by atoms with van der Waals surface area (Å²) in [6, 6.07) is 24.3. The maximum absolute atomic E-state index is 13.8. The Hall–Kier alpha value is -2.47. The molecule has 1 N–H and O–H groups in total. The molecule has 1 saturated carbocycles. The molecule has 0 heterocycles. The van der Waals surface area contributed by atoms with Gasteiger partial charge in [0.15, 0.2) is 0 Å². The van der Waals surface area contributed by atoms with Crippen LogP contribution in [0.5, 0.6) is 0 Å². The maximum atomic E-state index is 13.8. The molecule has 0 bridgehead atoms. The smallest absolute Gasteiger partial charge is 0.243 e. The van der Waals surface area contributed by atoms with E-state index in [-0.39, 0.29) is 30.2 Å². The van der Waals surface area contributed by atoms with Gasteiger partial charge in [-0.2, -0.15) is 0 Å². The first-order valence-corrected chi connectivity index (χ1v) is 14.5. The van der Waals surface area contributed by atoms with Crippen molar-refractivity contribution in [2.24, 2.45) is 0 Å². The molecule has 37 heavy (non-hydrogen) atoms. The van der Waals surface area contributed by atoms with E-state index in [1.54, 1.807) is 4.90 Å². The molecular formula is C30H32Cl2N2O2S. The van der Waals surface area contributed by atoms with Crippen molar-refractivity contribution in [3.8, 4) is 0 Å². The summed E-state index contributed by atoms with van der Waals surface area (Å²) < 4.78 is 0. The predicted molar refractivity (Wildman–Crippen MR) is 153 cm³/mol. The molecule has 4 rings (SSSR count). The van der Waals surface area contributed by atoms with E-state index >= 15 is 0 Å². The molecule has 1 atom stereocenters. The molecule has 0 unspecified atom stereocenters. The highest BCUT2D eigenvalue weighted by atomic mass is 35.5. The molecule has 4 nitrogen and oxygen atoms in total. The third kappa shape index (κ3) is 8.26. The Bertz CT molecular complexity index is 1170. The van der Waals surface area contributed by atoms with Gasteiger partial charge in [-0.25, -0.2) is 0 Å². The summed E-state index contributed by atoms with van der Waals surface area (Å²) in [4.78, 5) is 30.2. The minimum Gasteiger partial charge on any atom is -0.352 e. The Morgan fingerprint density at radius 3 is 2.27 bits per heavy atom. The summed E-state index contributed by atoms with van der Waals surface area (Å²) in [5.74, 6) is -0.0131. The van der Waals surface area contributed by atoms with E-state index in [0.717, 1.165) is 41.7 Å². The van der Waals surface area contributed by atoms with Crippen LogP contribution in [-0.4, -0.2) is 34.6 Å². The van der Waals surface area contributed by atoms with E-state index in [1.165, 1.54) is 18.2 Å². The standard InChI is InChI=1S/C30H32Cl2N2O2S/c31-24-15-17-26(18-16-24)37-21-29(35)34(20-23-11-7-8-14-27(23)32)28(19-22-9-3-1-4-10-22)30(36)33-25-12-5-2-6-13-25/h1,3-4,7-11,14-18,25,28H,2,5-6,12-13,19-21H2,(H,33,36)/t28-/m1/s1. The summed E-state index contributed by atoms with van der Waals surface area (Å²) in [7, 11) is 0. The number of rotatable bonds is 10. The Balaban J connectivity index is 1.61. The van der Waals surface area contributed by atoms with Crippen molar-refractivity contribution in [3.05, 3.63) is 100 Å². The van der Waals surface area contributed by atoms with E-state index in [9.17, 15) is 9.59 Å². The first-order valence-electron chi connectivity index (χ1n) is 12.7. The number of hydrogen-bond donors (Lipinski definition) is 1. The van der Waals surface area contributed by atoms with Crippen molar-refractivity contribution in [1.82, 2.24) is 10.2 Å². The molecule has 3 aromatic carbocycles. The Morgan fingerprint density at radius 2 is 1.57 bits per heavy atom. The average molecular weight is 556 g/mol. The van der Waals surface area contributed by atoms with Gasteiger partial charge in [0, 0.05) is 33.9 Å². The molecule has 3 aromatic rings. The monoisotopic (exact) mass is 554 g/mol. The van der Waals surface area contributed by atoms with E-state index in [1.807, 2.05) is 78.9 Å². The molecule has 0 radical (unpaired) electrons. The molecule has 7 heteroatoms. The highest BCUT2D eigenvalue weighted by Gasteiger charge is 2.32. The number of hydrogen-bond acceptors (Lipinski definition) is 3. The van der Waals surface area contributed by atoms with Crippen LogP contribution in [0.2, 0.25) is 10.0 Å². The number of thioether (sulfide) groups is 1. The van der Waals surface area contributed by atoms with Crippen molar-refractivity contribution < 1.29 is 9.59 Å². The van der Waals surface area contributed by atoms with Gasteiger partial charge >= 0.3 is 0 Å². The summed E-state index contributed by atoms with van der Waals surface area (Å²) in [5, 5.41) is 4.50. The second kappa shape index (κ2) is 13.9. The van der Waals surface area contributed by atoms with Crippen LogP contribution < -0.4 is 5.32 Å². The van der Waals surface area contributed by atoms with Crippen molar-refractivity contribution in [3.63, 3.8) is 0 Å². The molecule has 2 amide bonds. The maximum Gasteiger partial charge on any atom is 0.243 e. The normalized spacial score (nSPS) is 14.6. The fourth-order valence-electron chi connectivity index (χ4n) is 4.67. The van der Waals surface area contributed by atoms with Gasteiger partial charge in [0.05, 0.1) is 5.75 Å². The fraction of sp³-hybridized carbons (Fsp3) is 0.333. The van der Waals surface area contributed by atoms with Crippen LogP contribution in [0.15, 0.2) is 83.8 Å². The summed E-state index contributed by atoms with van der Waals surface area (Å²) >= 11 is 14.0. The van der Waals surface area contributed by atoms with Gasteiger partial charge in [0.2, 0.25) is 11.8 Å². The van der Waals surface area contributed by atoms with Crippen LogP contribution in [-0.2, 0) is 22.6 Å². The highest BCUT2D eigenvalue weighted by molar-refractivity contribution is 8.00. The lowest BCUT2D eigenvalue weighted by molar-refractivity contribution is -0.139. The van der Waals surface area contributed by atoms with Crippen molar-refractivity contribution in [2.45, 2.75) is 62.0 Å². The number of nitrogens with zero attached hydrogens (tertiary/aromatic N) is 1. The lowest BCUT2D eigenvalue weighted by Gasteiger charge is -2.33. The predicted octanol–water partition coefficient (Wildman–Crippen LogP) is 7.17. The number of carbonyl (C=O) groups excluding carboxylic acids is 2. The number of amides is 2. The number of halogens is 2. The first kappa shape index (κ1) is 27.6. The summed E-state index contributed by atoms with van der Waals surface area (Å²) in [5.41, 5.74) is 1.83. The molecular weight excluding hydrogens is 523 g/mol. The quantitative estimate of drug-likeness (QED) is 0.270. The zero-order valence-corrected chi connectivity index (χ0v) is 23.1. The van der Waals surface area contributed by atoms with Gasteiger partial charge < -0.3 is 10.2 Å². The van der Waals surface area contributed by atoms with E-state index in [0.29, 0.717) is 16.5 Å². The van der Waals surface area contributed by atoms with Crippen molar-refractivity contribution in [1.29, 1.82) is 0 Å². The van der Waals surface area contributed by atoms with Crippen LogP contribution in [0.25, 0.3) is 0 Å². The van der Waals surface area contributed by atoms with Gasteiger partial charge in [0.1, 0.15) is 6.04 Å². The average Bonchev–Trinajstić information content (AvgIpc) is 2.92. The lowest BCUT2D eigenvalue weighted by Crippen LogP contribution is -2.53. The highest BCUT2D eigenvalue weighted by Crippen LogP contribution is 2.25. The molecule has 0 saturated heterocycles. The van der Waals surface area contributed by atoms with Crippen LogP contribution in [0, 0.1) is 0 Å². The van der Waals surface area contributed by atoms with Gasteiger partial charge in [-0.05, 0) is 54.3 Å². The van der Waals surface area contributed by atoms with Crippen LogP contribution in [0.1, 0.15) is 43.2 Å². The van der Waals surface area contributed by atoms with Gasteiger partial charge in [0.25, 0.3) is 0 Å². The summed E-state index contributed by atoms with van der Waals surface area (Å²) in [6.45, 7) is 0.259. The molecule has 1 fully saturated rings. The largest absolute Gasteiger partial charge is 0.352 e. The topological polar surface area (TPSA) is 49.4 Å². The SMILES string of the molecule is O=C(NC1CCCCC1)[C@@H](Cc1ccccc1)N(Cc1ccccc1Cl)C(=O)CSc1ccc(Cl)cc1. The second-order valence-corrected chi connectivity index (χ2v) is 11.3. The van der Waals surface area contributed by atoms with Crippen LogP contribution in [0.3, 0.4) is 0 Å². The second-order valence-electron chi connectivity index (χ2n) is 9.40. The molecule has 0 aliphatic heterocycles. The van der Waals surface area contributed by atoms with Crippen LogP contribution in [0.4, 0.5) is 0 Å². The molecule has 0 aromatic heterocycles. The third-order valence-electron chi connectivity index (χ3n) is 6.70. The zero-order valence-electron chi connectivity index (χ0n) is 20.7. The minimum atomic E-state index is -0.654. The first-order chi connectivity index (χ1) is 18.0. The molecule has 194 valence electrons. The number of benzene rings is 3. The van der Waals surface area contributed by atoms with Gasteiger partial charge in [-0.15, -0.1) is 11.8 Å². The van der Waals surface area contributed by atoms with E-state index in [2.05, 4.69) is 5.32 Å². The van der Waals surface area contributed by atoms with Crippen LogP contribution >= 0.6 is 35.0 Å². The van der Waals surface area contributed by atoms with Gasteiger partial charge in [-0.1, -0.05) is 91.0 Å². The molecule has 1 aliphatic carbocycles. The Labute approximate surface area is 233 Å². The van der Waals surface area contributed by atoms with Crippen molar-refractivity contribution >= 4 is 46.8 Å². The molecule has 1 aliphatic rings. The molecule has 0 spiro atoms. The zero-order chi connectivity index (χ0) is 26.0. The van der Waals surface area contributed by atoms with E-state index in [4.69, 9.17) is 23.2 Å². The third-order valence-corrected chi connectivity index (χ3v) is 8.31. The Morgan fingerprint density at radius 1 is 0.892 bits per heavy atom. The fourth-order valence-corrected chi connectivity index (χ4v) is 5.77. The Kier molecular flexibility index (Phi) is 10.4. The van der Waals surface area contributed by atoms with E-state index < -0.39 is 6.04 Å².